The van der Waals surface area contributed by atoms with E-state index in [4.69, 9.17) is 4.74 Å². The van der Waals surface area contributed by atoms with E-state index in [1.54, 1.807) is 6.20 Å². The van der Waals surface area contributed by atoms with E-state index in [1.165, 1.54) is 0 Å². The summed E-state index contributed by atoms with van der Waals surface area (Å²) >= 11 is 0. The number of hydrogen-bond donors (Lipinski definition) is 0. The molecule has 0 aromatic carbocycles. The predicted octanol–water partition coefficient (Wildman–Crippen LogP) is 1.66. The van der Waals surface area contributed by atoms with Gasteiger partial charge in [0.1, 0.15) is 0 Å². The molecule has 0 atom stereocenters. The van der Waals surface area contributed by atoms with Crippen LogP contribution in [0.4, 0.5) is 0 Å². The Balaban J connectivity index is 2.28. The fourth-order valence-electron chi connectivity index (χ4n) is 0.685. The van der Waals surface area contributed by atoms with Crippen LogP contribution in [-0.4, -0.2) is 16.8 Å². The number of aromatic nitrogens is 2. The van der Waals surface area contributed by atoms with E-state index in [0.717, 1.165) is 19.4 Å². The van der Waals surface area contributed by atoms with Gasteiger partial charge in [-0.3, -0.25) is 0 Å². The summed E-state index contributed by atoms with van der Waals surface area (Å²) in [6, 6.07) is 3.62. The molecule has 1 heterocycles. The van der Waals surface area contributed by atoms with Crippen LogP contribution in [0.1, 0.15) is 19.8 Å². The van der Waals surface area contributed by atoms with Crippen molar-refractivity contribution in [1.29, 1.82) is 0 Å². The van der Waals surface area contributed by atoms with Crippen molar-refractivity contribution in [1.82, 2.24) is 10.2 Å². The molecule has 0 unspecified atom stereocenters. The van der Waals surface area contributed by atoms with Gasteiger partial charge in [0.05, 0.1) is 6.61 Å². The molecule has 0 aliphatic heterocycles. The molecular weight excluding hydrogens is 140 g/mol. The molecule has 1 aromatic heterocycles. The van der Waals surface area contributed by atoms with E-state index < -0.39 is 0 Å². The average Bonchev–Trinajstić information content (AvgIpc) is 2.07. The Kier molecular flexibility index (Phi) is 3.38. The summed E-state index contributed by atoms with van der Waals surface area (Å²) in [5.74, 6) is 0.612. The van der Waals surface area contributed by atoms with E-state index in [-0.39, 0.29) is 0 Å². The van der Waals surface area contributed by atoms with Gasteiger partial charge in [-0.1, -0.05) is 13.3 Å². The minimum absolute atomic E-state index is 0.612. The zero-order chi connectivity index (χ0) is 7.94. The molecule has 0 aliphatic rings. The zero-order valence-corrected chi connectivity index (χ0v) is 6.66. The van der Waals surface area contributed by atoms with Gasteiger partial charge in [-0.25, -0.2) is 0 Å². The SMILES string of the molecule is CCCCOc1cccnn1. The first-order valence-electron chi connectivity index (χ1n) is 3.84. The molecule has 0 amide bonds. The van der Waals surface area contributed by atoms with Crippen molar-refractivity contribution in [3.8, 4) is 5.88 Å². The van der Waals surface area contributed by atoms with E-state index in [0.29, 0.717) is 5.88 Å². The molecule has 0 fully saturated rings. The molecule has 11 heavy (non-hydrogen) atoms. The smallest absolute Gasteiger partial charge is 0.233 e. The molecule has 0 saturated heterocycles. The Bertz CT molecular complexity index is 189. The van der Waals surface area contributed by atoms with Gasteiger partial charge in [0.15, 0.2) is 0 Å². The summed E-state index contributed by atoms with van der Waals surface area (Å²) in [4.78, 5) is 0. The summed E-state index contributed by atoms with van der Waals surface area (Å²) in [5, 5.41) is 7.47. The van der Waals surface area contributed by atoms with E-state index in [9.17, 15) is 0 Å². The van der Waals surface area contributed by atoms with Gasteiger partial charge in [-0.15, -0.1) is 5.10 Å². The third-order valence-electron chi connectivity index (χ3n) is 1.30. The first-order valence-corrected chi connectivity index (χ1v) is 3.84. The Morgan fingerprint density at radius 2 is 2.45 bits per heavy atom. The molecule has 60 valence electrons. The minimum Gasteiger partial charge on any atom is -0.477 e. The molecule has 1 rings (SSSR count). The number of ether oxygens (including phenoxy) is 1. The Hall–Kier alpha value is -1.12. The zero-order valence-electron chi connectivity index (χ0n) is 6.66. The number of rotatable bonds is 4. The summed E-state index contributed by atoms with van der Waals surface area (Å²) in [7, 11) is 0. The number of nitrogens with zero attached hydrogens (tertiary/aromatic N) is 2. The number of unbranched alkanes of at least 4 members (excludes halogenated alkanes) is 1. The summed E-state index contributed by atoms with van der Waals surface area (Å²) < 4.78 is 5.27. The highest BCUT2D eigenvalue weighted by Crippen LogP contribution is 2.01. The van der Waals surface area contributed by atoms with Gasteiger partial charge in [0.25, 0.3) is 0 Å². The summed E-state index contributed by atoms with van der Waals surface area (Å²) in [6.07, 6.45) is 3.84. The second-order valence-electron chi connectivity index (χ2n) is 2.26. The minimum atomic E-state index is 0.612. The lowest BCUT2D eigenvalue weighted by atomic mass is 10.4. The van der Waals surface area contributed by atoms with Gasteiger partial charge in [-0.05, 0) is 12.5 Å². The maximum absolute atomic E-state index is 5.27. The Morgan fingerprint density at radius 1 is 1.55 bits per heavy atom. The molecule has 3 nitrogen and oxygen atoms in total. The molecule has 3 heteroatoms. The van der Waals surface area contributed by atoms with Crippen LogP contribution in [0.5, 0.6) is 5.88 Å². The van der Waals surface area contributed by atoms with Crippen molar-refractivity contribution in [3.63, 3.8) is 0 Å². The van der Waals surface area contributed by atoms with Crippen LogP contribution in [0.25, 0.3) is 0 Å². The number of hydrogen-bond acceptors (Lipinski definition) is 3. The fourth-order valence-corrected chi connectivity index (χ4v) is 0.685. The van der Waals surface area contributed by atoms with Crippen molar-refractivity contribution in [2.24, 2.45) is 0 Å². The predicted molar refractivity (Wildman–Crippen MR) is 42.4 cm³/mol. The third-order valence-corrected chi connectivity index (χ3v) is 1.30. The van der Waals surface area contributed by atoms with E-state index in [1.807, 2.05) is 12.1 Å². The molecule has 1 aromatic rings. The van der Waals surface area contributed by atoms with Gasteiger partial charge < -0.3 is 4.74 Å². The highest BCUT2D eigenvalue weighted by molar-refractivity contribution is 5.04. The molecule has 0 saturated carbocycles. The highest BCUT2D eigenvalue weighted by atomic mass is 16.5. The van der Waals surface area contributed by atoms with Crippen molar-refractivity contribution in [2.45, 2.75) is 19.8 Å². The second-order valence-corrected chi connectivity index (χ2v) is 2.26. The van der Waals surface area contributed by atoms with Gasteiger partial charge in [0.2, 0.25) is 5.88 Å². The topological polar surface area (TPSA) is 35.0 Å². The first-order chi connectivity index (χ1) is 5.43. The van der Waals surface area contributed by atoms with Gasteiger partial charge >= 0.3 is 0 Å². The lowest BCUT2D eigenvalue weighted by molar-refractivity contribution is 0.294. The normalized spacial score (nSPS) is 9.55. The van der Waals surface area contributed by atoms with E-state index in [2.05, 4.69) is 17.1 Å². The maximum atomic E-state index is 5.27. The van der Waals surface area contributed by atoms with Gasteiger partial charge in [-0.2, -0.15) is 5.10 Å². The highest BCUT2D eigenvalue weighted by Gasteiger charge is 1.91. The monoisotopic (exact) mass is 152 g/mol. The Morgan fingerprint density at radius 3 is 3.09 bits per heavy atom. The van der Waals surface area contributed by atoms with Crippen LogP contribution in [0.15, 0.2) is 18.3 Å². The molecule has 0 aliphatic carbocycles. The molecule has 0 bridgehead atoms. The van der Waals surface area contributed by atoms with Crippen LogP contribution >= 0.6 is 0 Å². The second kappa shape index (κ2) is 4.66. The fraction of sp³-hybridized carbons (Fsp3) is 0.500. The molecule has 0 N–H and O–H groups in total. The van der Waals surface area contributed by atoms with Crippen LogP contribution < -0.4 is 4.74 Å². The third kappa shape index (κ3) is 2.98. The van der Waals surface area contributed by atoms with Crippen LogP contribution in [-0.2, 0) is 0 Å². The first kappa shape index (κ1) is 7.98. The van der Waals surface area contributed by atoms with Crippen LogP contribution in [0.2, 0.25) is 0 Å². The average molecular weight is 152 g/mol. The lowest BCUT2D eigenvalue weighted by Crippen LogP contribution is -1.98. The van der Waals surface area contributed by atoms with Gasteiger partial charge in [0, 0.05) is 12.3 Å². The summed E-state index contributed by atoms with van der Waals surface area (Å²) in [6.45, 7) is 2.86. The summed E-state index contributed by atoms with van der Waals surface area (Å²) in [5.41, 5.74) is 0. The molecular formula is C8H12N2O. The molecule has 0 radical (unpaired) electrons. The van der Waals surface area contributed by atoms with E-state index >= 15 is 0 Å². The van der Waals surface area contributed by atoms with Crippen LogP contribution in [0.3, 0.4) is 0 Å². The molecule has 0 spiro atoms. The maximum Gasteiger partial charge on any atom is 0.233 e. The van der Waals surface area contributed by atoms with Crippen molar-refractivity contribution >= 4 is 0 Å². The standard InChI is InChI=1S/C8H12N2O/c1-2-3-7-11-8-5-4-6-9-10-8/h4-6H,2-3,7H2,1H3. The van der Waals surface area contributed by atoms with Crippen molar-refractivity contribution in [3.05, 3.63) is 18.3 Å². The lowest BCUT2D eigenvalue weighted by Gasteiger charge is -2.00. The van der Waals surface area contributed by atoms with Crippen molar-refractivity contribution < 1.29 is 4.74 Å². The van der Waals surface area contributed by atoms with Crippen LogP contribution in [0, 0.1) is 0 Å². The Labute approximate surface area is 66.4 Å². The largest absolute Gasteiger partial charge is 0.477 e. The quantitative estimate of drug-likeness (QED) is 0.615. The van der Waals surface area contributed by atoms with Crippen molar-refractivity contribution in [2.75, 3.05) is 6.61 Å².